The Balaban J connectivity index is 1.61. The predicted molar refractivity (Wildman–Crippen MR) is 105 cm³/mol. The van der Waals surface area contributed by atoms with E-state index in [2.05, 4.69) is 15.3 Å². The summed E-state index contributed by atoms with van der Waals surface area (Å²) >= 11 is 1.42. The molecule has 3 aromatic rings. The number of thiazole rings is 1. The molecule has 0 bridgehead atoms. The molecule has 0 radical (unpaired) electrons. The van der Waals surface area contributed by atoms with Crippen LogP contribution in [0.4, 0.5) is 0 Å². The first-order chi connectivity index (χ1) is 13.3. The molecule has 0 unspecified atom stereocenters. The minimum Gasteiger partial charge on any atom is -0.490 e. The van der Waals surface area contributed by atoms with Crippen LogP contribution in [0.15, 0.2) is 54.0 Å². The predicted octanol–water partition coefficient (Wildman–Crippen LogP) is 3.20. The number of para-hydroxylation sites is 1. The number of carbonyl (C=O) groups excluding carboxylic acids is 1. The summed E-state index contributed by atoms with van der Waals surface area (Å²) in [4.78, 5) is 21.1. The Morgan fingerprint density at radius 2 is 2.00 bits per heavy atom. The fourth-order valence-electron chi connectivity index (χ4n) is 2.45. The van der Waals surface area contributed by atoms with E-state index < -0.39 is 0 Å². The summed E-state index contributed by atoms with van der Waals surface area (Å²) in [6.45, 7) is 1.48. The Morgan fingerprint density at radius 1 is 1.15 bits per heavy atom. The first-order valence-electron chi connectivity index (χ1n) is 8.62. The van der Waals surface area contributed by atoms with E-state index in [4.69, 9.17) is 9.47 Å². The average Bonchev–Trinajstić information content (AvgIpc) is 3.19. The van der Waals surface area contributed by atoms with Gasteiger partial charge in [-0.1, -0.05) is 18.2 Å². The van der Waals surface area contributed by atoms with Crippen molar-refractivity contribution in [1.29, 1.82) is 0 Å². The fourth-order valence-corrected chi connectivity index (χ4v) is 3.28. The summed E-state index contributed by atoms with van der Waals surface area (Å²) in [5.74, 6) is 0.539. The van der Waals surface area contributed by atoms with E-state index >= 15 is 0 Å². The number of rotatable bonds is 9. The molecule has 1 amide bonds. The Morgan fingerprint density at radius 3 is 2.81 bits per heavy atom. The molecular formula is C20H21N3O3S. The van der Waals surface area contributed by atoms with Crippen LogP contribution in [0.3, 0.4) is 0 Å². The van der Waals surface area contributed by atoms with Crippen molar-refractivity contribution in [2.24, 2.45) is 0 Å². The molecule has 0 fully saturated rings. The van der Waals surface area contributed by atoms with Crippen molar-refractivity contribution in [3.8, 4) is 16.3 Å². The van der Waals surface area contributed by atoms with Gasteiger partial charge in [0.15, 0.2) is 0 Å². The zero-order valence-corrected chi connectivity index (χ0v) is 15.9. The molecule has 2 aromatic heterocycles. The van der Waals surface area contributed by atoms with Gasteiger partial charge in [-0.05, 0) is 24.3 Å². The van der Waals surface area contributed by atoms with E-state index in [0.717, 1.165) is 22.0 Å². The standard InChI is InChI=1S/C20H21N3O3S/c1-25-12-13-26-18-8-3-2-7-16(18)20-23-17(14-27-20)19(24)22-11-9-15-6-4-5-10-21-15/h2-8,10,14H,9,11-13H2,1H3,(H,22,24). The van der Waals surface area contributed by atoms with Gasteiger partial charge in [0, 0.05) is 37.3 Å². The van der Waals surface area contributed by atoms with Gasteiger partial charge in [-0.3, -0.25) is 9.78 Å². The van der Waals surface area contributed by atoms with E-state index in [1.54, 1.807) is 18.7 Å². The molecule has 1 N–H and O–H groups in total. The topological polar surface area (TPSA) is 73.3 Å². The summed E-state index contributed by atoms with van der Waals surface area (Å²) in [7, 11) is 1.63. The minimum atomic E-state index is -0.189. The molecule has 3 rings (SSSR count). The van der Waals surface area contributed by atoms with Crippen LogP contribution >= 0.6 is 11.3 Å². The lowest BCUT2D eigenvalue weighted by Crippen LogP contribution is -2.26. The van der Waals surface area contributed by atoms with Crippen molar-refractivity contribution in [2.75, 3.05) is 26.9 Å². The molecule has 0 aliphatic carbocycles. The van der Waals surface area contributed by atoms with Gasteiger partial charge in [0.25, 0.3) is 5.91 Å². The molecule has 2 heterocycles. The van der Waals surface area contributed by atoms with Crippen LogP contribution in [0, 0.1) is 0 Å². The number of nitrogens with one attached hydrogen (secondary N) is 1. The second-order valence-corrected chi connectivity index (χ2v) is 6.56. The highest BCUT2D eigenvalue weighted by molar-refractivity contribution is 7.13. The molecule has 0 saturated heterocycles. The molecule has 7 heteroatoms. The van der Waals surface area contributed by atoms with Gasteiger partial charge in [-0.15, -0.1) is 11.3 Å². The van der Waals surface area contributed by atoms with Crippen molar-refractivity contribution < 1.29 is 14.3 Å². The van der Waals surface area contributed by atoms with Gasteiger partial charge in [-0.2, -0.15) is 0 Å². The highest BCUT2D eigenvalue weighted by atomic mass is 32.1. The van der Waals surface area contributed by atoms with Crippen LogP contribution in [-0.2, 0) is 11.2 Å². The number of pyridine rings is 1. The Kier molecular flexibility index (Phi) is 6.90. The van der Waals surface area contributed by atoms with Crippen molar-refractivity contribution in [1.82, 2.24) is 15.3 Å². The van der Waals surface area contributed by atoms with Crippen LogP contribution < -0.4 is 10.1 Å². The van der Waals surface area contributed by atoms with Crippen molar-refractivity contribution in [3.63, 3.8) is 0 Å². The van der Waals surface area contributed by atoms with Gasteiger partial charge >= 0.3 is 0 Å². The smallest absolute Gasteiger partial charge is 0.270 e. The van der Waals surface area contributed by atoms with Crippen molar-refractivity contribution in [3.05, 3.63) is 65.4 Å². The molecule has 27 heavy (non-hydrogen) atoms. The maximum atomic E-state index is 12.3. The van der Waals surface area contributed by atoms with Gasteiger partial charge < -0.3 is 14.8 Å². The first-order valence-corrected chi connectivity index (χ1v) is 9.50. The third-order valence-corrected chi connectivity index (χ3v) is 4.67. The quantitative estimate of drug-likeness (QED) is 0.575. The second-order valence-electron chi connectivity index (χ2n) is 5.70. The van der Waals surface area contributed by atoms with Gasteiger partial charge in [0.05, 0.1) is 12.2 Å². The molecule has 6 nitrogen and oxygen atoms in total. The van der Waals surface area contributed by atoms with Crippen LogP contribution in [0.2, 0.25) is 0 Å². The maximum Gasteiger partial charge on any atom is 0.270 e. The van der Waals surface area contributed by atoms with E-state index in [-0.39, 0.29) is 5.91 Å². The first kappa shape index (κ1) is 19.0. The Hall–Kier alpha value is -2.77. The highest BCUT2D eigenvalue weighted by Gasteiger charge is 2.14. The number of hydrogen-bond acceptors (Lipinski definition) is 6. The summed E-state index contributed by atoms with van der Waals surface area (Å²) in [6, 6.07) is 13.4. The third kappa shape index (κ3) is 5.35. The number of aromatic nitrogens is 2. The molecule has 0 saturated carbocycles. The van der Waals surface area contributed by atoms with Crippen LogP contribution in [-0.4, -0.2) is 42.7 Å². The summed E-state index contributed by atoms with van der Waals surface area (Å²) in [6.07, 6.45) is 2.43. The molecule has 140 valence electrons. The van der Waals surface area contributed by atoms with Crippen molar-refractivity contribution >= 4 is 17.2 Å². The maximum absolute atomic E-state index is 12.3. The largest absolute Gasteiger partial charge is 0.490 e. The number of methoxy groups -OCH3 is 1. The molecule has 0 atom stereocenters. The lowest BCUT2D eigenvalue weighted by molar-refractivity contribution is 0.0950. The zero-order chi connectivity index (χ0) is 18.9. The Labute approximate surface area is 162 Å². The van der Waals surface area contributed by atoms with E-state index in [1.807, 2.05) is 42.5 Å². The number of carbonyl (C=O) groups is 1. The normalized spacial score (nSPS) is 10.6. The summed E-state index contributed by atoms with van der Waals surface area (Å²) < 4.78 is 10.8. The third-order valence-electron chi connectivity index (χ3n) is 3.79. The Bertz CT molecular complexity index is 868. The number of nitrogens with zero attached hydrogens (tertiary/aromatic N) is 2. The van der Waals surface area contributed by atoms with E-state index in [1.165, 1.54) is 11.3 Å². The number of benzene rings is 1. The van der Waals surface area contributed by atoms with Crippen LogP contribution in [0.5, 0.6) is 5.75 Å². The van der Waals surface area contributed by atoms with E-state index in [9.17, 15) is 4.79 Å². The SMILES string of the molecule is COCCOc1ccccc1-c1nc(C(=O)NCCc2ccccn2)cs1. The summed E-state index contributed by atoms with van der Waals surface area (Å²) in [5.41, 5.74) is 2.22. The van der Waals surface area contributed by atoms with Gasteiger partial charge in [0.2, 0.25) is 0 Å². The van der Waals surface area contributed by atoms with Crippen LogP contribution in [0.25, 0.3) is 10.6 Å². The number of amides is 1. The lowest BCUT2D eigenvalue weighted by Gasteiger charge is -2.09. The lowest BCUT2D eigenvalue weighted by atomic mass is 10.2. The molecule has 0 aliphatic rings. The average molecular weight is 383 g/mol. The molecule has 0 spiro atoms. The second kappa shape index (κ2) is 9.80. The number of ether oxygens (including phenoxy) is 2. The van der Waals surface area contributed by atoms with Gasteiger partial charge in [-0.25, -0.2) is 4.98 Å². The summed E-state index contributed by atoms with van der Waals surface area (Å²) in [5, 5.41) is 5.40. The zero-order valence-electron chi connectivity index (χ0n) is 15.1. The molecule has 1 aromatic carbocycles. The van der Waals surface area contributed by atoms with Crippen molar-refractivity contribution in [2.45, 2.75) is 6.42 Å². The minimum absolute atomic E-state index is 0.189. The van der Waals surface area contributed by atoms with E-state index in [0.29, 0.717) is 31.9 Å². The molecular weight excluding hydrogens is 362 g/mol. The van der Waals surface area contributed by atoms with Crippen LogP contribution in [0.1, 0.15) is 16.2 Å². The highest BCUT2D eigenvalue weighted by Crippen LogP contribution is 2.32. The fraction of sp³-hybridized carbons (Fsp3) is 0.250. The molecule has 0 aliphatic heterocycles. The van der Waals surface area contributed by atoms with Gasteiger partial charge in [0.1, 0.15) is 23.1 Å². The monoisotopic (exact) mass is 383 g/mol. The number of hydrogen-bond donors (Lipinski definition) is 1.